The van der Waals surface area contributed by atoms with Crippen molar-refractivity contribution in [1.29, 1.82) is 0 Å². The van der Waals surface area contributed by atoms with Crippen LogP contribution in [0, 0.1) is 6.92 Å². The number of thiophene rings is 1. The van der Waals surface area contributed by atoms with Crippen LogP contribution in [-0.2, 0) is 13.0 Å². The van der Waals surface area contributed by atoms with Crippen LogP contribution in [0.3, 0.4) is 0 Å². The van der Waals surface area contributed by atoms with Crippen molar-refractivity contribution in [2.75, 3.05) is 0 Å². The fourth-order valence-electron chi connectivity index (χ4n) is 2.50. The minimum atomic E-state index is -0.0955. The average Bonchev–Trinajstić information content (AvgIpc) is 3.06. The Morgan fingerprint density at radius 2 is 2.40 bits per heavy atom. The molecule has 2 aromatic heterocycles. The molecular formula is C14H17N3OS2. The molecule has 0 spiro atoms. The van der Waals surface area contributed by atoms with Gasteiger partial charge in [-0.3, -0.25) is 0 Å². The Kier molecular flexibility index (Phi) is 4.03. The molecule has 2 heterocycles. The molecule has 0 aliphatic heterocycles. The Hall–Kier alpha value is -1.40. The van der Waals surface area contributed by atoms with E-state index in [2.05, 4.69) is 27.1 Å². The summed E-state index contributed by atoms with van der Waals surface area (Å²) in [6, 6.07) is 2.20. The third-order valence-corrected chi connectivity index (χ3v) is 5.54. The molecule has 2 N–H and O–H groups in total. The van der Waals surface area contributed by atoms with Crippen LogP contribution in [0.1, 0.15) is 39.9 Å². The average molecular weight is 307 g/mol. The largest absolute Gasteiger partial charge is 0.333 e. The molecule has 0 aromatic carbocycles. The zero-order valence-electron chi connectivity index (χ0n) is 11.3. The first-order valence-corrected chi connectivity index (χ1v) is 8.49. The van der Waals surface area contributed by atoms with Gasteiger partial charge in [0, 0.05) is 9.75 Å². The van der Waals surface area contributed by atoms with E-state index in [0.29, 0.717) is 6.54 Å². The molecule has 106 valence electrons. The number of thiazole rings is 1. The first kappa shape index (κ1) is 13.6. The summed E-state index contributed by atoms with van der Waals surface area (Å²) < 4.78 is 0. The normalized spacial score (nSPS) is 17.6. The van der Waals surface area contributed by atoms with E-state index in [1.165, 1.54) is 10.4 Å². The standard InChI is InChI=1S/C14H17N3OS2/c1-9-13(20-8-16-9)7-15-14(18)17-11-3-2-4-12-10(11)5-6-19-12/h5-6,8,11H,2-4,7H2,1H3,(H2,15,17,18)/t11-/m1/s1. The van der Waals surface area contributed by atoms with Gasteiger partial charge in [0.15, 0.2) is 0 Å². The number of amides is 2. The molecule has 2 aromatic rings. The zero-order chi connectivity index (χ0) is 13.9. The summed E-state index contributed by atoms with van der Waals surface area (Å²) in [5, 5.41) is 8.12. The second-order valence-corrected chi connectivity index (χ2v) is 6.87. The fraction of sp³-hybridized carbons (Fsp3) is 0.429. The predicted octanol–water partition coefficient (Wildman–Crippen LogP) is 3.39. The smallest absolute Gasteiger partial charge is 0.315 e. The number of urea groups is 1. The number of aromatic nitrogens is 1. The summed E-state index contributed by atoms with van der Waals surface area (Å²) in [5.41, 5.74) is 4.10. The third-order valence-electron chi connectivity index (χ3n) is 3.61. The van der Waals surface area contributed by atoms with Crippen LogP contribution in [-0.4, -0.2) is 11.0 Å². The predicted molar refractivity (Wildman–Crippen MR) is 82.2 cm³/mol. The highest BCUT2D eigenvalue weighted by Gasteiger charge is 2.22. The number of nitrogens with zero attached hydrogens (tertiary/aromatic N) is 1. The number of carbonyl (C=O) groups excluding carboxylic acids is 1. The van der Waals surface area contributed by atoms with Gasteiger partial charge >= 0.3 is 6.03 Å². The van der Waals surface area contributed by atoms with Crippen LogP contribution in [0.15, 0.2) is 17.0 Å². The first-order chi connectivity index (χ1) is 9.74. The van der Waals surface area contributed by atoms with Crippen molar-refractivity contribution in [3.8, 4) is 0 Å². The molecule has 6 heteroatoms. The van der Waals surface area contributed by atoms with Gasteiger partial charge in [-0.1, -0.05) is 0 Å². The highest BCUT2D eigenvalue weighted by Crippen LogP contribution is 2.33. The van der Waals surface area contributed by atoms with Crippen LogP contribution < -0.4 is 10.6 Å². The maximum absolute atomic E-state index is 12.0. The second kappa shape index (κ2) is 5.93. The maximum Gasteiger partial charge on any atom is 0.315 e. The lowest BCUT2D eigenvalue weighted by molar-refractivity contribution is 0.235. The van der Waals surface area contributed by atoms with E-state index < -0.39 is 0 Å². The minimum Gasteiger partial charge on any atom is -0.333 e. The van der Waals surface area contributed by atoms with E-state index >= 15 is 0 Å². The minimum absolute atomic E-state index is 0.0955. The number of carbonyl (C=O) groups is 1. The van der Waals surface area contributed by atoms with Gasteiger partial charge in [0.05, 0.1) is 23.8 Å². The highest BCUT2D eigenvalue weighted by atomic mass is 32.1. The molecule has 3 rings (SSSR count). The molecule has 0 fully saturated rings. The first-order valence-electron chi connectivity index (χ1n) is 6.73. The number of fused-ring (bicyclic) bond motifs is 1. The summed E-state index contributed by atoms with van der Waals surface area (Å²) in [6.07, 6.45) is 3.32. The topological polar surface area (TPSA) is 54.0 Å². The van der Waals surface area contributed by atoms with Crippen molar-refractivity contribution in [2.24, 2.45) is 0 Å². The van der Waals surface area contributed by atoms with Gasteiger partial charge in [0.2, 0.25) is 0 Å². The summed E-state index contributed by atoms with van der Waals surface area (Å²) in [6.45, 7) is 2.51. The van der Waals surface area contributed by atoms with Crippen molar-refractivity contribution in [3.63, 3.8) is 0 Å². The van der Waals surface area contributed by atoms with Crippen LogP contribution >= 0.6 is 22.7 Å². The van der Waals surface area contributed by atoms with Crippen LogP contribution in [0.5, 0.6) is 0 Å². The van der Waals surface area contributed by atoms with E-state index in [1.54, 1.807) is 22.7 Å². The van der Waals surface area contributed by atoms with Gasteiger partial charge in [0.25, 0.3) is 0 Å². The summed E-state index contributed by atoms with van der Waals surface area (Å²) >= 11 is 3.37. The molecule has 1 aliphatic carbocycles. The number of hydrogen-bond acceptors (Lipinski definition) is 4. The van der Waals surface area contributed by atoms with E-state index in [9.17, 15) is 4.79 Å². The van der Waals surface area contributed by atoms with Gasteiger partial charge in [-0.05, 0) is 43.2 Å². The molecule has 0 saturated carbocycles. The van der Waals surface area contributed by atoms with Gasteiger partial charge in [0.1, 0.15) is 0 Å². The lowest BCUT2D eigenvalue weighted by Gasteiger charge is -2.23. The molecule has 1 atom stereocenters. The van der Waals surface area contributed by atoms with Gasteiger partial charge < -0.3 is 10.6 Å². The molecule has 0 saturated heterocycles. The van der Waals surface area contributed by atoms with E-state index in [-0.39, 0.29) is 12.1 Å². The van der Waals surface area contributed by atoms with Crippen LogP contribution in [0.4, 0.5) is 4.79 Å². The third kappa shape index (κ3) is 2.86. The lowest BCUT2D eigenvalue weighted by atomic mass is 9.94. The second-order valence-electron chi connectivity index (χ2n) is 4.93. The quantitative estimate of drug-likeness (QED) is 0.913. The molecule has 0 bridgehead atoms. The van der Waals surface area contributed by atoms with Crippen LogP contribution in [0.25, 0.3) is 0 Å². The van der Waals surface area contributed by atoms with E-state index in [1.807, 2.05) is 12.4 Å². The number of hydrogen-bond donors (Lipinski definition) is 2. The summed E-state index contributed by atoms with van der Waals surface area (Å²) in [5.74, 6) is 0. The highest BCUT2D eigenvalue weighted by molar-refractivity contribution is 7.10. The molecule has 0 unspecified atom stereocenters. The Labute approximate surface area is 126 Å². The lowest BCUT2D eigenvalue weighted by Crippen LogP contribution is -2.38. The van der Waals surface area contributed by atoms with Crippen LogP contribution in [0.2, 0.25) is 0 Å². The SMILES string of the molecule is Cc1ncsc1CNC(=O)N[C@@H]1CCCc2sccc21. The molecule has 0 radical (unpaired) electrons. The number of rotatable bonds is 3. The monoisotopic (exact) mass is 307 g/mol. The molecular weight excluding hydrogens is 290 g/mol. The Morgan fingerprint density at radius 3 is 3.20 bits per heavy atom. The van der Waals surface area contributed by atoms with Crippen molar-refractivity contribution in [1.82, 2.24) is 15.6 Å². The molecule has 2 amide bonds. The van der Waals surface area contributed by atoms with Crippen molar-refractivity contribution < 1.29 is 4.79 Å². The Bertz CT molecular complexity index is 605. The van der Waals surface area contributed by atoms with E-state index in [0.717, 1.165) is 29.8 Å². The number of nitrogens with one attached hydrogen (secondary N) is 2. The fourth-order valence-corrected chi connectivity index (χ4v) is 4.21. The Morgan fingerprint density at radius 1 is 1.50 bits per heavy atom. The summed E-state index contributed by atoms with van der Waals surface area (Å²) in [4.78, 5) is 18.7. The van der Waals surface area contributed by atoms with Gasteiger partial charge in [-0.25, -0.2) is 9.78 Å². The Balaban J connectivity index is 1.57. The molecule has 20 heavy (non-hydrogen) atoms. The van der Waals surface area contributed by atoms with Crippen molar-refractivity contribution >= 4 is 28.7 Å². The summed E-state index contributed by atoms with van der Waals surface area (Å²) in [7, 11) is 0. The zero-order valence-corrected chi connectivity index (χ0v) is 12.9. The van der Waals surface area contributed by atoms with Gasteiger partial charge in [-0.15, -0.1) is 22.7 Å². The molecule has 4 nitrogen and oxygen atoms in total. The molecule has 1 aliphatic rings. The maximum atomic E-state index is 12.0. The van der Waals surface area contributed by atoms with Gasteiger partial charge in [-0.2, -0.15) is 0 Å². The van der Waals surface area contributed by atoms with Crippen molar-refractivity contribution in [2.45, 2.75) is 38.8 Å². The van der Waals surface area contributed by atoms with Crippen molar-refractivity contribution in [3.05, 3.63) is 38.0 Å². The van der Waals surface area contributed by atoms with E-state index in [4.69, 9.17) is 0 Å². The number of aryl methyl sites for hydroxylation is 2.